The van der Waals surface area contributed by atoms with Crippen molar-refractivity contribution in [2.75, 3.05) is 0 Å². The molecule has 0 aliphatic rings. The Hall–Kier alpha value is -1.13. The quantitative estimate of drug-likeness (QED) is 0.833. The molecular formula is C10H11ClFNO2. The van der Waals surface area contributed by atoms with Crippen LogP contribution in [0.3, 0.4) is 0 Å². The highest BCUT2D eigenvalue weighted by atomic mass is 35.5. The zero-order valence-corrected chi connectivity index (χ0v) is 8.88. The molecule has 0 aromatic heterocycles. The fraction of sp³-hybridized carbons (Fsp3) is 0.300. The lowest BCUT2D eigenvalue weighted by Gasteiger charge is -2.10. The van der Waals surface area contributed by atoms with Crippen molar-refractivity contribution in [3.63, 3.8) is 0 Å². The van der Waals surface area contributed by atoms with Crippen LogP contribution >= 0.6 is 11.6 Å². The molecule has 0 bridgehead atoms. The summed E-state index contributed by atoms with van der Waals surface area (Å²) in [7, 11) is 0. The van der Waals surface area contributed by atoms with Crippen LogP contribution in [0.1, 0.15) is 11.1 Å². The molecule has 1 unspecified atom stereocenters. The van der Waals surface area contributed by atoms with Gasteiger partial charge in [-0.05, 0) is 30.5 Å². The molecule has 0 saturated heterocycles. The number of carboxylic acid groups (broad SMARTS) is 1. The Morgan fingerprint density at radius 3 is 2.80 bits per heavy atom. The number of hydrogen-bond acceptors (Lipinski definition) is 2. The SMILES string of the molecule is Cc1c(CC(N)C(=O)O)ccc(Cl)c1F. The highest BCUT2D eigenvalue weighted by molar-refractivity contribution is 6.30. The first kappa shape index (κ1) is 11.9. The molecule has 5 heteroatoms. The Bertz CT molecular complexity index is 395. The summed E-state index contributed by atoms with van der Waals surface area (Å²) in [5.41, 5.74) is 6.26. The first-order chi connectivity index (χ1) is 6.93. The smallest absolute Gasteiger partial charge is 0.320 e. The second-order valence-electron chi connectivity index (χ2n) is 3.29. The average Bonchev–Trinajstić information content (AvgIpc) is 2.18. The molecule has 0 aliphatic heterocycles. The van der Waals surface area contributed by atoms with Crippen LogP contribution in [0.5, 0.6) is 0 Å². The van der Waals surface area contributed by atoms with Gasteiger partial charge in [-0.2, -0.15) is 0 Å². The van der Waals surface area contributed by atoms with Crippen LogP contribution in [-0.4, -0.2) is 17.1 Å². The van der Waals surface area contributed by atoms with Crippen molar-refractivity contribution in [3.8, 4) is 0 Å². The van der Waals surface area contributed by atoms with Crippen LogP contribution in [0, 0.1) is 12.7 Å². The second kappa shape index (κ2) is 4.59. The first-order valence-corrected chi connectivity index (χ1v) is 4.73. The molecule has 82 valence electrons. The minimum atomic E-state index is -1.11. The molecule has 1 rings (SSSR count). The normalized spacial score (nSPS) is 12.5. The molecule has 3 nitrogen and oxygen atoms in total. The number of halogens is 2. The summed E-state index contributed by atoms with van der Waals surface area (Å²) in [5.74, 6) is -1.63. The highest BCUT2D eigenvalue weighted by Crippen LogP contribution is 2.21. The lowest BCUT2D eigenvalue weighted by Crippen LogP contribution is -2.32. The Morgan fingerprint density at radius 1 is 1.67 bits per heavy atom. The van der Waals surface area contributed by atoms with E-state index in [1.807, 2.05) is 0 Å². The third-order valence-electron chi connectivity index (χ3n) is 2.21. The summed E-state index contributed by atoms with van der Waals surface area (Å²) < 4.78 is 13.3. The average molecular weight is 232 g/mol. The zero-order chi connectivity index (χ0) is 11.6. The molecule has 0 saturated carbocycles. The zero-order valence-electron chi connectivity index (χ0n) is 8.13. The van der Waals surface area contributed by atoms with Crippen molar-refractivity contribution in [3.05, 3.63) is 34.1 Å². The number of hydrogen-bond donors (Lipinski definition) is 2. The lowest BCUT2D eigenvalue weighted by atomic mass is 10.0. The molecule has 1 aromatic rings. The van der Waals surface area contributed by atoms with Gasteiger partial charge in [0.05, 0.1) is 5.02 Å². The van der Waals surface area contributed by atoms with Gasteiger partial charge >= 0.3 is 5.97 Å². The van der Waals surface area contributed by atoms with Gasteiger partial charge in [0, 0.05) is 0 Å². The van der Waals surface area contributed by atoms with Gasteiger partial charge in [0.1, 0.15) is 11.9 Å². The van der Waals surface area contributed by atoms with Crippen LogP contribution in [0.2, 0.25) is 5.02 Å². The fourth-order valence-electron chi connectivity index (χ4n) is 1.24. The second-order valence-corrected chi connectivity index (χ2v) is 3.70. The van der Waals surface area contributed by atoms with Crippen molar-refractivity contribution in [2.24, 2.45) is 5.73 Å². The Balaban J connectivity index is 2.97. The van der Waals surface area contributed by atoms with E-state index in [0.717, 1.165) is 0 Å². The molecular weight excluding hydrogens is 221 g/mol. The molecule has 1 aromatic carbocycles. The number of aliphatic carboxylic acids is 1. The predicted octanol–water partition coefficient (Wildman–Crippen LogP) is 1.74. The van der Waals surface area contributed by atoms with E-state index >= 15 is 0 Å². The van der Waals surface area contributed by atoms with Gasteiger partial charge < -0.3 is 10.8 Å². The Labute approximate surface area is 91.7 Å². The number of carboxylic acids is 1. The first-order valence-electron chi connectivity index (χ1n) is 4.35. The van der Waals surface area contributed by atoms with E-state index in [0.29, 0.717) is 11.1 Å². The molecule has 0 fully saturated rings. The molecule has 0 heterocycles. The van der Waals surface area contributed by atoms with Gasteiger partial charge in [-0.3, -0.25) is 4.79 Å². The van der Waals surface area contributed by atoms with E-state index in [1.54, 1.807) is 13.0 Å². The van der Waals surface area contributed by atoms with Crippen molar-refractivity contribution >= 4 is 17.6 Å². The topological polar surface area (TPSA) is 63.3 Å². The van der Waals surface area contributed by atoms with E-state index in [2.05, 4.69) is 0 Å². The molecule has 15 heavy (non-hydrogen) atoms. The maximum absolute atomic E-state index is 13.3. The van der Waals surface area contributed by atoms with Crippen LogP contribution in [0.25, 0.3) is 0 Å². The van der Waals surface area contributed by atoms with Crippen LogP contribution in [-0.2, 0) is 11.2 Å². The maximum atomic E-state index is 13.3. The van der Waals surface area contributed by atoms with Crippen LogP contribution in [0.15, 0.2) is 12.1 Å². The summed E-state index contributed by atoms with van der Waals surface area (Å²) >= 11 is 5.56. The van der Waals surface area contributed by atoms with Crippen molar-refractivity contribution in [1.29, 1.82) is 0 Å². The number of benzene rings is 1. The standard InChI is InChI=1S/C10H11ClFNO2/c1-5-6(4-8(13)10(14)15)2-3-7(11)9(5)12/h2-3,8H,4,13H2,1H3,(H,14,15). The van der Waals surface area contributed by atoms with Gasteiger partial charge in [-0.1, -0.05) is 17.7 Å². The molecule has 1 atom stereocenters. The van der Waals surface area contributed by atoms with Gasteiger partial charge in [0.15, 0.2) is 0 Å². The largest absolute Gasteiger partial charge is 0.480 e. The fourth-order valence-corrected chi connectivity index (χ4v) is 1.44. The Kier molecular flexibility index (Phi) is 3.66. The van der Waals surface area contributed by atoms with Crippen molar-refractivity contribution in [1.82, 2.24) is 0 Å². The van der Waals surface area contributed by atoms with E-state index in [1.165, 1.54) is 6.07 Å². The van der Waals surface area contributed by atoms with Crippen molar-refractivity contribution in [2.45, 2.75) is 19.4 Å². The number of rotatable bonds is 3. The van der Waals surface area contributed by atoms with E-state index in [-0.39, 0.29) is 11.4 Å². The number of nitrogens with two attached hydrogens (primary N) is 1. The molecule has 0 aliphatic carbocycles. The highest BCUT2D eigenvalue weighted by Gasteiger charge is 2.15. The third-order valence-corrected chi connectivity index (χ3v) is 2.50. The summed E-state index contributed by atoms with van der Waals surface area (Å²) in [6, 6.07) is 1.96. The molecule has 0 spiro atoms. The van der Waals surface area contributed by atoms with Crippen LogP contribution in [0.4, 0.5) is 4.39 Å². The summed E-state index contributed by atoms with van der Waals surface area (Å²) in [4.78, 5) is 10.5. The minimum Gasteiger partial charge on any atom is -0.480 e. The maximum Gasteiger partial charge on any atom is 0.320 e. The van der Waals surface area contributed by atoms with Crippen molar-refractivity contribution < 1.29 is 14.3 Å². The van der Waals surface area contributed by atoms with Gasteiger partial charge in [-0.15, -0.1) is 0 Å². The molecule has 0 amide bonds. The molecule has 3 N–H and O–H groups in total. The minimum absolute atomic E-state index is 0.0279. The van der Waals surface area contributed by atoms with E-state index in [9.17, 15) is 9.18 Å². The number of carbonyl (C=O) groups is 1. The summed E-state index contributed by atoms with van der Waals surface area (Å²) in [6.07, 6.45) is 0.0925. The van der Waals surface area contributed by atoms with E-state index < -0.39 is 17.8 Å². The van der Waals surface area contributed by atoms with Gasteiger partial charge in [-0.25, -0.2) is 4.39 Å². The Morgan fingerprint density at radius 2 is 2.27 bits per heavy atom. The lowest BCUT2D eigenvalue weighted by molar-refractivity contribution is -0.138. The third kappa shape index (κ3) is 2.67. The van der Waals surface area contributed by atoms with Gasteiger partial charge in [0.2, 0.25) is 0 Å². The van der Waals surface area contributed by atoms with E-state index in [4.69, 9.17) is 22.4 Å². The monoisotopic (exact) mass is 231 g/mol. The summed E-state index contributed by atoms with van der Waals surface area (Å²) in [6.45, 7) is 1.55. The summed E-state index contributed by atoms with van der Waals surface area (Å²) in [5, 5.41) is 8.64. The van der Waals surface area contributed by atoms with Gasteiger partial charge in [0.25, 0.3) is 0 Å². The van der Waals surface area contributed by atoms with Crippen LogP contribution < -0.4 is 5.73 Å². The predicted molar refractivity (Wildman–Crippen MR) is 55.5 cm³/mol. The molecule has 0 radical (unpaired) electrons.